The van der Waals surface area contributed by atoms with Crippen LogP contribution in [-0.2, 0) is 4.79 Å². The summed E-state index contributed by atoms with van der Waals surface area (Å²) in [6.07, 6.45) is 2.34. The lowest BCUT2D eigenvalue weighted by atomic mass is 10.2. The molecule has 0 aliphatic carbocycles. The van der Waals surface area contributed by atoms with E-state index in [1.54, 1.807) is 0 Å². The molecular weight excluding hydrogens is 185 g/mol. The number of carbonyl (C=O) groups is 2. The van der Waals surface area contributed by atoms with Crippen LogP contribution in [0.4, 0.5) is 4.39 Å². The predicted molar refractivity (Wildman–Crippen MR) is 47.1 cm³/mol. The number of hydrogen-bond donors (Lipinski definition) is 0. The van der Waals surface area contributed by atoms with Crippen molar-refractivity contribution >= 4 is 12.6 Å². The van der Waals surface area contributed by atoms with Gasteiger partial charge in [-0.05, 0) is 6.07 Å². The monoisotopic (exact) mass is 191 g/mol. The highest BCUT2D eigenvalue weighted by molar-refractivity contribution is 5.75. The summed E-state index contributed by atoms with van der Waals surface area (Å²) in [6.45, 7) is 0. The van der Waals surface area contributed by atoms with E-state index >= 15 is 0 Å². The molecule has 1 heterocycles. The maximum atomic E-state index is 12.7. The zero-order valence-corrected chi connectivity index (χ0v) is 7.16. The van der Waals surface area contributed by atoms with E-state index in [4.69, 9.17) is 0 Å². The number of aromatic nitrogens is 1. The van der Waals surface area contributed by atoms with Crippen LogP contribution in [0.5, 0.6) is 0 Å². The van der Waals surface area contributed by atoms with Gasteiger partial charge in [0, 0.05) is 11.8 Å². The zero-order chi connectivity index (χ0) is 10.4. The molecule has 3 nitrogen and oxygen atoms in total. The molecule has 0 spiro atoms. The fourth-order valence-corrected chi connectivity index (χ4v) is 0.811. The molecule has 0 N–H and O–H groups in total. The first-order chi connectivity index (χ1) is 6.77. The standard InChI is InChI=1S/C10H6FNO2/c11-10-9(7-14)5-8(6-12-10)3-1-2-4-13/h4-7H,2H2. The number of rotatable bonds is 2. The molecule has 0 aromatic carbocycles. The Morgan fingerprint density at radius 3 is 2.93 bits per heavy atom. The normalized spacial score (nSPS) is 8.64. The Hall–Kier alpha value is -2.02. The van der Waals surface area contributed by atoms with Crippen molar-refractivity contribution in [3.05, 3.63) is 29.3 Å². The van der Waals surface area contributed by atoms with Gasteiger partial charge in [-0.3, -0.25) is 4.79 Å². The summed E-state index contributed by atoms with van der Waals surface area (Å²) in [7, 11) is 0. The third kappa shape index (κ3) is 2.49. The molecule has 0 amide bonds. The molecule has 0 aliphatic heterocycles. The quantitative estimate of drug-likeness (QED) is 0.397. The molecule has 0 fully saturated rings. The van der Waals surface area contributed by atoms with Gasteiger partial charge in [-0.2, -0.15) is 4.39 Å². The van der Waals surface area contributed by atoms with Crippen LogP contribution in [0.2, 0.25) is 0 Å². The Morgan fingerprint density at radius 1 is 1.50 bits per heavy atom. The number of hydrogen-bond acceptors (Lipinski definition) is 3. The molecule has 70 valence electrons. The topological polar surface area (TPSA) is 47.0 Å². The molecule has 0 bridgehead atoms. The Balaban J connectivity index is 2.96. The average Bonchev–Trinajstić information content (AvgIpc) is 2.21. The van der Waals surface area contributed by atoms with Gasteiger partial charge in [-0.15, -0.1) is 0 Å². The van der Waals surface area contributed by atoms with E-state index in [0.717, 1.165) is 0 Å². The molecule has 4 heteroatoms. The highest BCUT2D eigenvalue weighted by atomic mass is 19.1. The van der Waals surface area contributed by atoms with Gasteiger partial charge in [0.05, 0.1) is 12.0 Å². The fraction of sp³-hybridized carbons (Fsp3) is 0.100. The molecule has 0 saturated carbocycles. The second-order valence-corrected chi connectivity index (χ2v) is 2.39. The molecule has 0 radical (unpaired) electrons. The molecule has 0 saturated heterocycles. The molecule has 0 unspecified atom stereocenters. The Kier molecular flexibility index (Phi) is 3.50. The van der Waals surface area contributed by atoms with E-state index in [2.05, 4.69) is 16.8 Å². The van der Waals surface area contributed by atoms with E-state index in [0.29, 0.717) is 18.1 Å². The summed E-state index contributed by atoms with van der Waals surface area (Å²) in [5.74, 6) is 4.29. The van der Waals surface area contributed by atoms with E-state index in [9.17, 15) is 14.0 Å². The van der Waals surface area contributed by atoms with Crippen molar-refractivity contribution < 1.29 is 14.0 Å². The smallest absolute Gasteiger partial charge is 0.223 e. The Labute approximate surface area is 80.0 Å². The molecule has 1 rings (SSSR count). The van der Waals surface area contributed by atoms with Crippen molar-refractivity contribution in [2.75, 3.05) is 0 Å². The van der Waals surface area contributed by atoms with Gasteiger partial charge >= 0.3 is 0 Å². The average molecular weight is 191 g/mol. The largest absolute Gasteiger partial charge is 0.302 e. The molecule has 14 heavy (non-hydrogen) atoms. The first-order valence-electron chi connectivity index (χ1n) is 3.81. The van der Waals surface area contributed by atoms with Crippen molar-refractivity contribution in [3.8, 4) is 11.8 Å². The summed E-state index contributed by atoms with van der Waals surface area (Å²) >= 11 is 0. The van der Waals surface area contributed by atoms with Crippen LogP contribution in [0.15, 0.2) is 12.3 Å². The summed E-state index contributed by atoms with van der Waals surface area (Å²) in [4.78, 5) is 23.6. The maximum Gasteiger partial charge on any atom is 0.223 e. The summed E-state index contributed by atoms with van der Waals surface area (Å²) < 4.78 is 12.7. The van der Waals surface area contributed by atoms with Crippen molar-refractivity contribution in [3.63, 3.8) is 0 Å². The first kappa shape index (κ1) is 10.1. The van der Waals surface area contributed by atoms with E-state index in [1.807, 2.05) is 0 Å². The van der Waals surface area contributed by atoms with Crippen LogP contribution < -0.4 is 0 Å². The lowest BCUT2D eigenvalue weighted by Crippen LogP contribution is -1.92. The summed E-state index contributed by atoms with van der Waals surface area (Å²) in [6, 6.07) is 1.28. The molecule has 0 aliphatic rings. The Morgan fingerprint density at radius 2 is 2.29 bits per heavy atom. The minimum absolute atomic E-state index is 0.105. The van der Waals surface area contributed by atoms with Crippen LogP contribution in [0.1, 0.15) is 22.3 Å². The van der Waals surface area contributed by atoms with Gasteiger partial charge in [0.15, 0.2) is 6.29 Å². The van der Waals surface area contributed by atoms with Crippen molar-refractivity contribution in [2.24, 2.45) is 0 Å². The van der Waals surface area contributed by atoms with Gasteiger partial charge in [-0.25, -0.2) is 4.98 Å². The van der Waals surface area contributed by atoms with E-state index < -0.39 is 5.95 Å². The first-order valence-corrected chi connectivity index (χ1v) is 3.81. The fourth-order valence-electron chi connectivity index (χ4n) is 0.811. The lowest BCUT2D eigenvalue weighted by molar-refractivity contribution is -0.107. The van der Waals surface area contributed by atoms with Gasteiger partial charge in [0.1, 0.15) is 6.29 Å². The van der Waals surface area contributed by atoms with Crippen molar-refractivity contribution in [1.82, 2.24) is 4.98 Å². The maximum absolute atomic E-state index is 12.7. The molecule has 1 aromatic heterocycles. The van der Waals surface area contributed by atoms with Gasteiger partial charge in [-0.1, -0.05) is 11.8 Å². The molecule has 1 aromatic rings. The number of carbonyl (C=O) groups excluding carboxylic acids is 2. The number of aldehydes is 2. The zero-order valence-electron chi connectivity index (χ0n) is 7.16. The molecular formula is C10H6FNO2. The van der Waals surface area contributed by atoms with Gasteiger partial charge in [0.25, 0.3) is 0 Å². The number of nitrogens with zero attached hydrogens (tertiary/aromatic N) is 1. The Bertz CT molecular complexity index is 418. The highest BCUT2D eigenvalue weighted by Gasteiger charge is 2.01. The van der Waals surface area contributed by atoms with Crippen LogP contribution in [-0.4, -0.2) is 17.6 Å². The lowest BCUT2D eigenvalue weighted by Gasteiger charge is -1.93. The van der Waals surface area contributed by atoms with Crippen LogP contribution in [0.3, 0.4) is 0 Å². The van der Waals surface area contributed by atoms with E-state index in [1.165, 1.54) is 12.3 Å². The van der Waals surface area contributed by atoms with Gasteiger partial charge in [0.2, 0.25) is 5.95 Å². The van der Waals surface area contributed by atoms with Crippen molar-refractivity contribution in [1.29, 1.82) is 0 Å². The van der Waals surface area contributed by atoms with Crippen LogP contribution in [0.25, 0.3) is 0 Å². The van der Waals surface area contributed by atoms with E-state index in [-0.39, 0.29) is 12.0 Å². The second kappa shape index (κ2) is 4.87. The third-order valence-corrected chi connectivity index (χ3v) is 1.41. The third-order valence-electron chi connectivity index (χ3n) is 1.41. The van der Waals surface area contributed by atoms with Crippen LogP contribution >= 0.6 is 0 Å². The van der Waals surface area contributed by atoms with Crippen LogP contribution in [0, 0.1) is 17.8 Å². The SMILES string of the molecule is O=CCC#Cc1cnc(F)c(C=O)c1. The summed E-state index contributed by atoms with van der Waals surface area (Å²) in [5, 5.41) is 0. The predicted octanol–water partition coefficient (Wildman–Crippen LogP) is 0.974. The molecule has 0 atom stereocenters. The number of pyridine rings is 1. The van der Waals surface area contributed by atoms with Crippen molar-refractivity contribution in [2.45, 2.75) is 6.42 Å². The number of halogens is 1. The minimum atomic E-state index is -0.819. The summed E-state index contributed by atoms with van der Waals surface area (Å²) in [5.41, 5.74) is 0.276. The second-order valence-electron chi connectivity index (χ2n) is 2.39. The minimum Gasteiger partial charge on any atom is -0.302 e. The van der Waals surface area contributed by atoms with Gasteiger partial charge < -0.3 is 4.79 Å². The highest BCUT2D eigenvalue weighted by Crippen LogP contribution is 2.03.